The molecule has 0 saturated heterocycles. The smallest absolute Gasteiger partial charge is 0.321 e. The third-order valence-corrected chi connectivity index (χ3v) is 4.81. The molecule has 7 heteroatoms. The lowest BCUT2D eigenvalue weighted by molar-refractivity contribution is 0.102. The van der Waals surface area contributed by atoms with Gasteiger partial charge in [0.25, 0.3) is 5.91 Å². The van der Waals surface area contributed by atoms with E-state index >= 15 is 0 Å². The zero-order valence-corrected chi connectivity index (χ0v) is 15.4. The number of hydrogen-bond donors (Lipinski definition) is 1. The molecule has 0 saturated carbocycles. The summed E-state index contributed by atoms with van der Waals surface area (Å²) in [6.07, 6.45) is 0.316. The number of nitrogens with zero attached hydrogens (tertiary/aromatic N) is 1. The number of amides is 1. The Morgan fingerprint density at radius 1 is 1.29 bits per heavy atom. The third-order valence-electron chi connectivity index (χ3n) is 3.15. The Labute approximate surface area is 149 Å². The van der Waals surface area contributed by atoms with Gasteiger partial charge >= 0.3 is 8.03 Å². The monoisotopic (exact) mass is 405 g/mol. The molecule has 0 fully saturated rings. The van der Waals surface area contributed by atoms with Crippen LogP contribution in [0.25, 0.3) is 0 Å². The highest BCUT2D eigenvalue weighted by atomic mass is 79.9. The van der Waals surface area contributed by atoms with Crippen LogP contribution >= 0.6 is 24.0 Å². The van der Waals surface area contributed by atoms with Gasteiger partial charge in [-0.15, -0.1) is 4.52 Å². The topological polar surface area (TPSA) is 79.2 Å². The highest BCUT2D eigenvalue weighted by Gasteiger charge is 2.17. The van der Waals surface area contributed by atoms with E-state index in [9.17, 15) is 9.36 Å². The van der Waals surface area contributed by atoms with Gasteiger partial charge in [-0.2, -0.15) is 5.26 Å². The summed E-state index contributed by atoms with van der Waals surface area (Å²) in [7, 11) is -1.72. The summed E-state index contributed by atoms with van der Waals surface area (Å²) in [5.74, 6) is -0.311. The third kappa shape index (κ3) is 4.97. The second-order valence-corrected chi connectivity index (χ2v) is 7.02. The fourth-order valence-electron chi connectivity index (χ4n) is 2.01. The molecule has 24 heavy (non-hydrogen) atoms. The van der Waals surface area contributed by atoms with Crippen molar-refractivity contribution in [2.24, 2.45) is 0 Å². The Hall–Kier alpha value is -2.06. The van der Waals surface area contributed by atoms with E-state index in [-0.39, 0.29) is 5.91 Å². The highest BCUT2D eigenvalue weighted by molar-refractivity contribution is 9.10. The van der Waals surface area contributed by atoms with Gasteiger partial charge in [0.15, 0.2) is 0 Å². The first-order chi connectivity index (χ1) is 11.5. The number of halogens is 1. The molecule has 1 amide bonds. The predicted octanol–water partition coefficient (Wildman–Crippen LogP) is 4.85. The maximum absolute atomic E-state index is 12.3. The molecule has 5 nitrogen and oxygen atoms in total. The Bertz CT molecular complexity index is 800. The minimum atomic E-state index is -1.72. The van der Waals surface area contributed by atoms with Crippen molar-refractivity contribution in [2.45, 2.75) is 13.1 Å². The summed E-state index contributed by atoms with van der Waals surface area (Å²) in [5, 5.41) is 11.8. The van der Waals surface area contributed by atoms with Crippen molar-refractivity contribution in [1.29, 1.82) is 5.26 Å². The van der Waals surface area contributed by atoms with Gasteiger partial charge in [0, 0.05) is 15.6 Å². The minimum absolute atomic E-state index is 0.311. The fraction of sp³-hybridized carbons (Fsp3) is 0.176. The lowest BCUT2D eigenvalue weighted by atomic mass is 10.1. The Morgan fingerprint density at radius 2 is 2.00 bits per heavy atom. The molecule has 0 aliphatic rings. The van der Waals surface area contributed by atoms with Crippen molar-refractivity contribution >= 4 is 35.6 Å². The molecule has 1 atom stereocenters. The first-order valence-electron chi connectivity index (χ1n) is 7.21. The predicted molar refractivity (Wildman–Crippen MR) is 96.2 cm³/mol. The lowest BCUT2D eigenvalue weighted by Crippen LogP contribution is -2.12. The van der Waals surface area contributed by atoms with Crippen molar-refractivity contribution in [1.82, 2.24) is 0 Å². The van der Waals surface area contributed by atoms with Gasteiger partial charge < -0.3 is 5.32 Å². The number of anilines is 1. The number of rotatable bonds is 6. The maximum Gasteiger partial charge on any atom is 0.512 e. The molecule has 0 aliphatic heterocycles. The average molecular weight is 406 g/mol. The summed E-state index contributed by atoms with van der Waals surface area (Å²) in [4.78, 5) is 12.3. The van der Waals surface area contributed by atoms with Crippen LogP contribution in [-0.2, 0) is 15.3 Å². The SMILES string of the molecule is CCO[P+](=O)Cc1ccc(C(=O)Nc2ccc(Br)cc2C#N)cc1. The molecule has 0 bridgehead atoms. The van der Waals surface area contributed by atoms with E-state index in [4.69, 9.17) is 9.79 Å². The lowest BCUT2D eigenvalue weighted by Gasteiger charge is -2.07. The molecule has 122 valence electrons. The van der Waals surface area contributed by atoms with Crippen LogP contribution in [0.3, 0.4) is 0 Å². The van der Waals surface area contributed by atoms with E-state index in [1.165, 1.54) is 0 Å². The molecule has 2 aromatic carbocycles. The summed E-state index contributed by atoms with van der Waals surface area (Å²) in [5.41, 5.74) is 2.12. The van der Waals surface area contributed by atoms with Crippen molar-refractivity contribution in [3.63, 3.8) is 0 Å². The van der Waals surface area contributed by atoms with Crippen LogP contribution in [0, 0.1) is 11.3 Å². The van der Waals surface area contributed by atoms with Crippen molar-refractivity contribution in [2.75, 3.05) is 11.9 Å². The molecule has 1 unspecified atom stereocenters. The Kier molecular flexibility index (Phi) is 6.62. The van der Waals surface area contributed by atoms with Crippen LogP contribution in [0.5, 0.6) is 0 Å². The van der Waals surface area contributed by atoms with E-state index in [2.05, 4.69) is 21.2 Å². The molecule has 1 N–H and O–H groups in total. The van der Waals surface area contributed by atoms with Crippen molar-refractivity contribution in [3.05, 3.63) is 63.6 Å². The van der Waals surface area contributed by atoms with E-state index in [1.807, 2.05) is 6.07 Å². The number of benzene rings is 2. The maximum atomic E-state index is 12.3. The van der Waals surface area contributed by atoms with Gasteiger partial charge in [-0.1, -0.05) is 28.1 Å². The molecule has 0 aromatic heterocycles. The van der Waals surface area contributed by atoms with E-state index in [1.54, 1.807) is 49.4 Å². The summed E-state index contributed by atoms with van der Waals surface area (Å²) in [6.45, 7) is 2.20. The van der Waals surface area contributed by atoms with Gasteiger partial charge in [-0.25, -0.2) is 0 Å². The van der Waals surface area contributed by atoms with Crippen molar-refractivity contribution in [3.8, 4) is 6.07 Å². The first-order valence-corrected chi connectivity index (χ1v) is 9.36. The Balaban J connectivity index is 2.08. The number of carbonyl (C=O) groups excluding carboxylic acids is 1. The minimum Gasteiger partial charge on any atom is -0.321 e. The first kappa shape index (κ1) is 18.3. The second kappa shape index (κ2) is 8.70. The molecule has 0 heterocycles. The van der Waals surface area contributed by atoms with Crippen LogP contribution in [0.4, 0.5) is 5.69 Å². The number of carbonyl (C=O) groups is 1. The highest BCUT2D eigenvalue weighted by Crippen LogP contribution is 2.28. The zero-order valence-electron chi connectivity index (χ0n) is 13.0. The molecule has 0 aliphatic carbocycles. The molecule has 2 aromatic rings. The van der Waals surface area contributed by atoms with Crippen LogP contribution in [0.1, 0.15) is 28.4 Å². The molecular formula is C17H15BrN2O3P+. The second-order valence-electron chi connectivity index (χ2n) is 4.86. The van der Waals surface area contributed by atoms with Crippen molar-refractivity contribution < 1.29 is 13.9 Å². The number of hydrogen-bond acceptors (Lipinski definition) is 4. The van der Waals surface area contributed by atoms with Crippen LogP contribution in [0.2, 0.25) is 0 Å². The largest absolute Gasteiger partial charge is 0.512 e. The van der Waals surface area contributed by atoms with Gasteiger partial charge in [0.2, 0.25) is 6.16 Å². The quantitative estimate of drug-likeness (QED) is 0.696. The van der Waals surface area contributed by atoms with Gasteiger partial charge in [0.1, 0.15) is 6.07 Å². The van der Waals surface area contributed by atoms with E-state index < -0.39 is 8.03 Å². The molecule has 2 rings (SSSR count). The fourth-order valence-corrected chi connectivity index (χ4v) is 3.26. The summed E-state index contributed by atoms with van der Waals surface area (Å²) in [6, 6.07) is 13.9. The van der Waals surface area contributed by atoms with E-state index in [0.717, 1.165) is 10.0 Å². The standard InChI is InChI=1S/C17H14BrN2O3P/c1-2-23-24(22)11-12-3-5-13(6-4-12)17(21)20-16-8-7-15(18)9-14(16)10-19/h3-9H,2,11H2,1H3/p+1. The van der Waals surface area contributed by atoms with Crippen LogP contribution < -0.4 is 5.32 Å². The normalized spacial score (nSPS) is 10.8. The molecule has 0 spiro atoms. The summed E-state index contributed by atoms with van der Waals surface area (Å²) < 4.78 is 17.4. The molecular weight excluding hydrogens is 391 g/mol. The molecule has 0 radical (unpaired) electrons. The Morgan fingerprint density at radius 3 is 2.62 bits per heavy atom. The van der Waals surface area contributed by atoms with Crippen LogP contribution in [0.15, 0.2) is 46.9 Å². The van der Waals surface area contributed by atoms with Gasteiger partial charge in [-0.3, -0.25) is 4.79 Å². The van der Waals surface area contributed by atoms with Crippen LogP contribution in [-0.4, -0.2) is 12.5 Å². The zero-order chi connectivity index (χ0) is 17.5. The number of nitriles is 1. The average Bonchev–Trinajstić information content (AvgIpc) is 2.57. The van der Waals surface area contributed by atoms with Gasteiger partial charge in [-0.05, 0) is 41.8 Å². The van der Waals surface area contributed by atoms with E-state index in [0.29, 0.717) is 29.6 Å². The number of nitrogens with one attached hydrogen (secondary N) is 1. The summed E-state index contributed by atoms with van der Waals surface area (Å²) >= 11 is 3.29. The van der Waals surface area contributed by atoms with Gasteiger partial charge in [0.05, 0.1) is 17.9 Å².